The Balaban J connectivity index is 2.84. The van der Waals surface area contributed by atoms with Crippen LogP contribution in [0.5, 0.6) is 0 Å². The monoisotopic (exact) mass is 278 g/mol. The fourth-order valence-corrected chi connectivity index (χ4v) is 4.36. The van der Waals surface area contributed by atoms with E-state index in [-0.39, 0.29) is 4.99 Å². The summed E-state index contributed by atoms with van der Waals surface area (Å²) < 4.78 is 26.4. The molecule has 2 N–H and O–H groups in total. The lowest BCUT2D eigenvalue weighted by atomic mass is 10.3. The summed E-state index contributed by atoms with van der Waals surface area (Å²) in [6.07, 6.45) is 3.54. The highest BCUT2D eigenvalue weighted by molar-refractivity contribution is 7.92. The zero-order valence-corrected chi connectivity index (χ0v) is 12.2. The largest absolute Gasteiger partial charge is 0.392 e. The van der Waals surface area contributed by atoms with Gasteiger partial charge in [-0.3, -0.25) is 0 Å². The second-order valence-electron chi connectivity index (χ2n) is 4.65. The van der Waals surface area contributed by atoms with Crippen molar-refractivity contribution in [3.63, 3.8) is 0 Å². The zero-order valence-electron chi connectivity index (χ0n) is 10.6. The van der Waals surface area contributed by atoms with Gasteiger partial charge in [-0.25, -0.2) is 12.7 Å². The van der Waals surface area contributed by atoms with Crippen LogP contribution in [0.15, 0.2) is 0 Å². The minimum atomic E-state index is -3.36. The lowest BCUT2D eigenvalue weighted by Crippen LogP contribution is -2.45. The van der Waals surface area contributed by atoms with Crippen molar-refractivity contribution in [2.24, 2.45) is 11.7 Å². The van der Waals surface area contributed by atoms with Crippen molar-refractivity contribution >= 4 is 27.2 Å². The molecule has 0 aromatic carbocycles. The third-order valence-electron chi connectivity index (χ3n) is 3.04. The Hall–Kier alpha value is -0.200. The molecule has 0 aromatic rings. The molecule has 1 atom stereocenters. The number of rotatable bonds is 8. The molecule has 0 bridgehead atoms. The van der Waals surface area contributed by atoms with E-state index in [1.54, 1.807) is 4.31 Å². The molecular formula is C11H22N2O2S2. The normalized spacial score (nSPS) is 18.3. The average molecular weight is 278 g/mol. The number of sulfonamides is 1. The van der Waals surface area contributed by atoms with E-state index in [9.17, 15) is 8.42 Å². The van der Waals surface area contributed by atoms with E-state index in [0.717, 1.165) is 19.3 Å². The molecule has 6 heteroatoms. The van der Waals surface area contributed by atoms with Crippen LogP contribution in [0, 0.1) is 5.92 Å². The van der Waals surface area contributed by atoms with Gasteiger partial charge in [-0.15, -0.1) is 0 Å². The van der Waals surface area contributed by atoms with Gasteiger partial charge in [0.2, 0.25) is 10.0 Å². The van der Waals surface area contributed by atoms with Crippen molar-refractivity contribution in [2.75, 3.05) is 13.1 Å². The minimum absolute atomic E-state index is 0.0874. The number of nitrogens with zero attached hydrogens (tertiary/aromatic N) is 1. The number of nitrogens with two attached hydrogens (primary N) is 1. The Bertz CT molecular complexity index is 364. The lowest BCUT2D eigenvalue weighted by Gasteiger charge is -2.26. The molecule has 0 heterocycles. The molecular weight excluding hydrogens is 256 g/mol. The first kappa shape index (κ1) is 14.9. The van der Waals surface area contributed by atoms with Crippen LogP contribution in [0.3, 0.4) is 0 Å². The van der Waals surface area contributed by atoms with Crippen molar-refractivity contribution in [2.45, 2.75) is 44.8 Å². The second kappa shape index (κ2) is 6.11. The van der Waals surface area contributed by atoms with Gasteiger partial charge in [-0.2, -0.15) is 0 Å². The maximum atomic E-state index is 12.4. The van der Waals surface area contributed by atoms with E-state index in [0.29, 0.717) is 25.4 Å². The van der Waals surface area contributed by atoms with Crippen molar-refractivity contribution in [1.82, 2.24) is 4.31 Å². The van der Waals surface area contributed by atoms with Gasteiger partial charge in [0.1, 0.15) is 5.25 Å². The minimum Gasteiger partial charge on any atom is -0.392 e. The van der Waals surface area contributed by atoms with E-state index >= 15 is 0 Å². The van der Waals surface area contributed by atoms with Crippen LogP contribution in [-0.2, 0) is 10.0 Å². The summed E-state index contributed by atoms with van der Waals surface area (Å²) in [5.74, 6) is 0.542. The SMILES string of the molecule is CCCN(CC1CC1)S(=O)(=O)C(CC)C(N)=S. The molecule has 1 fully saturated rings. The Kier molecular flexibility index (Phi) is 5.34. The summed E-state index contributed by atoms with van der Waals surface area (Å²) in [4.78, 5) is 0.0874. The molecule has 0 aromatic heterocycles. The van der Waals surface area contributed by atoms with Crippen LogP contribution in [0.4, 0.5) is 0 Å². The van der Waals surface area contributed by atoms with Gasteiger partial charge in [0, 0.05) is 13.1 Å². The molecule has 17 heavy (non-hydrogen) atoms. The van der Waals surface area contributed by atoms with Crippen LogP contribution < -0.4 is 5.73 Å². The fraction of sp³-hybridized carbons (Fsp3) is 0.909. The summed E-state index contributed by atoms with van der Waals surface area (Å²) in [6, 6.07) is 0. The summed E-state index contributed by atoms with van der Waals surface area (Å²) in [5.41, 5.74) is 5.54. The summed E-state index contributed by atoms with van der Waals surface area (Å²) >= 11 is 4.87. The molecule has 0 amide bonds. The summed E-state index contributed by atoms with van der Waals surface area (Å²) in [6.45, 7) is 4.99. The highest BCUT2D eigenvalue weighted by atomic mass is 32.2. The Morgan fingerprint density at radius 2 is 2.06 bits per heavy atom. The van der Waals surface area contributed by atoms with Crippen LogP contribution in [-0.4, -0.2) is 36.1 Å². The first-order valence-electron chi connectivity index (χ1n) is 6.21. The average Bonchev–Trinajstić information content (AvgIpc) is 3.00. The smallest absolute Gasteiger partial charge is 0.223 e. The van der Waals surface area contributed by atoms with Crippen LogP contribution in [0.1, 0.15) is 39.5 Å². The molecule has 0 radical (unpaired) electrons. The Morgan fingerprint density at radius 1 is 1.47 bits per heavy atom. The number of hydrogen-bond donors (Lipinski definition) is 1. The lowest BCUT2D eigenvalue weighted by molar-refractivity contribution is 0.392. The van der Waals surface area contributed by atoms with Gasteiger partial charge >= 0.3 is 0 Å². The highest BCUT2D eigenvalue weighted by Gasteiger charge is 2.35. The third kappa shape index (κ3) is 3.89. The molecule has 0 aliphatic heterocycles. The maximum absolute atomic E-state index is 12.4. The first-order chi connectivity index (χ1) is 7.93. The molecule has 1 aliphatic carbocycles. The predicted octanol–water partition coefficient (Wildman–Crippen LogP) is 1.50. The predicted molar refractivity (Wildman–Crippen MR) is 74.4 cm³/mol. The van der Waals surface area contributed by atoms with Gasteiger partial charge in [0.15, 0.2) is 0 Å². The van der Waals surface area contributed by atoms with Crippen molar-refractivity contribution in [3.8, 4) is 0 Å². The topological polar surface area (TPSA) is 63.4 Å². The van der Waals surface area contributed by atoms with E-state index in [1.807, 2.05) is 13.8 Å². The van der Waals surface area contributed by atoms with E-state index in [1.165, 1.54) is 0 Å². The van der Waals surface area contributed by atoms with Gasteiger partial charge in [-0.1, -0.05) is 26.1 Å². The van der Waals surface area contributed by atoms with Crippen molar-refractivity contribution in [1.29, 1.82) is 0 Å². The quantitative estimate of drug-likeness (QED) is 0.684. The van der Waals surface area contributed by atoms with E-state index in [4.69, 9.17) is 18.0 Å². The molecule has 0 spiro atoms. The molecule has 4 nitrogen and oxygen atoms in total. The maximum Gasteiger partial charge on any atom is 0.223 e. The van der Waals surface area contributed by atoms with Crippen LogP contribution in [0.2, 0.25) is 0 Å². The highest BCUT2D eigenvalue weighted by Crippen LogP contribution is 2.31. The zero-order chi connectivity index (χ0) is 13.1. The number of thiocarbonyl (C=S) groups is 1. The van der Waals surface area contributed by atoms with Gasteiger partial charge in [0.25, 0.3) is 0 Å². The Labute approximate surface area is 110 Å². The van der Waals surface area contributed by atoms with E-state index < -0.39 is 15.3 Å². The third-order valence-corrected chi connectivity index (χ3v) is 5.83. The second-order valence-corrected chi connectivity index (χ2v) is 7.23. The van der Waals surface area contributed by atoms with Crippen LogP contribution >= 0.6 is 12.2 Å². The standard InChI is InChI=1S/C11H22N2O2S2/c1-3-7-13(8-9-5-6-9)17(14,15)10(4-2)11(12)16/h9-10H,3-8H2,1-2H3,(H2,12,16). The first-order valence-corrected chi connectivity index (χ1v) is 8.12. The number of hydrogen-bond acceptors (Lipinski definition) is 3. The molecule has 1 saturated carbocycles. The fourth-order valence-electron chi connectivity index (χ4n) is 1.90. The van der Waals surface area contributed by atoms with Crippen LogP contribution in [0.25, 0.3) is 0 Å². The van der Waals surface area contributed by atoms with Crippen molar-refractivity contribution in [3.05, 3.63) is 0 Å². The molecule has 1 rings (SSSR count). The Morgan fingerprint density at radius 3 is 2.41 bits per heavy atom. The molecule has 1 unspecified atom stereocenters. The van der Waals surface area contributed by atoms with Gasteiger partial charge in [0.05, 0.1) is 4.99 Å². The molecule has 100 valence electrons. The van der Waals surface area contributed by atoms with Gasteiger partial charge in [-0.05, 0) is 31.6 Å². The van der Waals surface area contributed by atoms with Crippen molar-refractivity contribution < 1.29 is 8.42 Å². The molecule has 1 aliphatic rings. The molecule has 0 saturated heterocycles. The van der Waals surface area contributed by atoms with Gasteiger partial charge < -0.3 is 5.73 Å². The summed E-state index contributed by atoms with van der Waals surface area (Å²) in [7, 11) is -3.36. The summed E-state index contributed by atoms with van der Waals surface area (Å²) in [5, 5.41) is -0.706. The van der Waals surface area contributed by atoms with E-state index in [2.05, 4.69) is 0 Å².